The SMILES string of the molecule is C1=CCCCC1.C1CCCC1.CC(C)(C)C.CC(C)(C)C.CC(C)(C)C1CCCCC1.CC(C)(C)c1cccc2ccccc12.CC(C)(C)c1ccccc1. The van der Waals surface area contributed by atoms with E-state index >= 15 is 0 Å². The lowest BCUT2D eigenvalue weighted by Gasteiger charge is -2.33. The molecule has 0 amide bonds. The molecule has 314 valence electrons. The first-order valence-electron chi connectivity index (χ1n) is 22.5. The number of allylic oxidation sites excluding steroid dienone is 2. The maximum Gasteiger partial charge on any atom is -0.0126 e. The second-order valence-corrected chi connectivity index (χ2v) is 22.6. The van der Waals surface area contributed by atoms with Crippen molar-refractivity contribution in [2.24, 2.45) is 22.2 Å². The van der Waals surface area contributed by atoms with Crippen LogP contribution in [0.2, 0.25) is 0 Å². The predicted octanol–water partition coefficient (Wildman–Crippen LogP) is 18.9. The van der Waals surface area contributed by atoms with E-state index in [-0.39, 0.29) is 5.41 Å². The summed E-state index contributed by atoms with van der Waals surface area (Å²) in [5.41, 5.74) is 4.91. The molecule has 0 atom stereocenters. The summed E-state index contributed by atoms with van der Waals surface area (Å²) >= 11 is 0. The summed E-state index contributed by atoms with van der Waals surface area (Å²) in [6, 6.07) is 25.7. The lowest BCUT2D eigenvalue weighted by Crippen LogP contribution is -2.22. The van der Waals surface area contributed by atoms with E-state index in [0.29, 0.717) is 21.7 Å². The van der Waals surface area contributed by atoms with Gasteiger partial charge in [0.05, 0.1) is 0 Å². The van der Waals surface area contributed by atoms with Gasteiger partial charge in [0.15, 0.2) is 0 Å². The Morgan fingerprint density at radius 3 is 1.09 bits per heavy atom. The molecular weight excluding hydrogens is 661 g/mol. The van der Waals surface area contributed by atoms with Gasteiger partial charge in [-0.15, -0.1) is 0 Å². The summed E-state index contributed by atoms with van der Waals surface area (Å²) in [6.07, 6.45) is 24.9. The van der Waals surface area contributed by atoms with E-state index in [1.54, 1.807) is 0 Å². The molecule has 0 bridgehead atoms. The number of fused-ring (bicyclic) bond motifs is 1. The van der Waals surface area contributed by atoms with Gasteiger partial charge in [-0.05, 0) is 93.4 Å². The molecule has 3 aliphatic rings. The molecule has 2 fully saturated rings. The van der Waals surface area contributed by atoms with Gasteiger partial charge in [0.25, 0.3) is 0 Å². The Balaban J connectivity index is 0.000000644. The summed E-state index contributed by atoms with van der Waals surface area (Å²) in [4.78, 5) is 0. The summed E-state index contributed by atoms with van der Waals surface area (Å²) < 4.78 is 0. The molecule has 0 saturated heterocycles. The number of rotatable bonds is 0. The van der Waals surface area contributed by atoms with Crippen LogP contribution in [-0.2, 0) is 10.8 Å². The largest absolute Gasteiger partial charge is 0.0885 e. The summed E-state index contributed by atoms with van der Waals surface area (Å²) in [5, 5.41) is 2.71. The quantitative estimate of drug-likeness (QED) is 0.201. The van der Waals surface area contributed by atoms with E-state index in [1.165, 1.54) is 112 Å². The Bertz CT molecular complexity index is 1310. The third-order valence-corrected chi connectivity index (χ3v) is 9.48. The first-order valence-corrected chi connectivity index (χ1v) is 22.5. The van der Waals surface area contributed by atoms with Crippen LogP contribution in [0.15, 0.2) is 84.9 Å². The Hall–Kier alpha value is -2.34. The molecule has 2 saturated carbocycles. The normalized spacial score (nSPS) is 16.0. The van der Waals surface area contributed by atoms with E-state index < -0.39 is 0 Å². The Morgan fingerprint density at radius 2 is 0.764 bits per heavy atom. The molecule has 0 aromatic heterocycles. The molecule has 3 aliphatic carbocycles. The Kier molecular flexibility index (Phi) is 25.4. The van der Waals surface area contributed by atoms with Crippen LogP contribution in [0.25, 0.3) is 10.8 Å². The highest BCUT2D eigenvalue weighted by molar-refractivity contribution is 5.86. The van der Waals surface area contributed by atoms with Crippen molar-refractivity contribution in [1.29, 1.82) is 0 Å². The van der Waals surface area contributed by atoms with Crippen molar-refractivity contribution >= 4 is 10.8 Å². The molecule has 0 spiro atoms. The van der Waals surface area contributed by atoms with E-state index in [1.807, 2.05) is 0 Å². The van der Waals surface area contributed by atoms with Crippen LogP contribution in [0.4, 0.5) is 0 Å². The zero-order valence-corrected chi connectivity index (χ0v) is 40.1. The van der Waals surface area contributed by atoms with Crippen molar-refractivity contribution < 1.29 is 0 Å². The molecule has 55 heavy (non-hydrogen) atoms. The summed E-state index contributed by atoms with van der Waals surface area (Å²) in [5.74, 6) is 1.00. The van der Waals surface area contributed by atoms with Crippen molar-refractivity contribution in [3.63, 3.8) is 0 Å². The lowest BCUT2D eigenvalue weighted by atomic mass is 9.72. The monoisotopic (exact) mass is 755 g/mol. The van der Waals surface area contributed by atoms with Gasteiger partial charge in [0.1, 0.15) is 0 Å². The van der Waals surface area contributed by atoms with Gasteiger partial charge in [-0.3, -0.25) is 0 Å². The topological polar surface area (TPSA) is 0 Å². The molecular formula is C55H94. The fourth-order valence-corrected chi connectivity index (χ4v) is 6.43. The molecule has 0 radical (unpaired) electrons. The van der Waals surface area contributed by atoms with E-state index in [9.17, 15) is 0 Å². The fourth-order valence-electron chi connectivity index (χ4n) is 6.43. The van der Waals surface area contributed by atoms with E-state index in [2.05, 4.69) is 203 Å². The molecule has 0 unspecified atom stereocenters. The van der Waals surface area contributed by atoms with E-state index in [0.717, 1.165) is 5.92 Å². The minimum Gasteiger partial charge on any atom is -0.0885 e. The predicted molar refractivity (Wildman–Crippen MR) is 255 cm³/mol. The molecule has 0 heteroatoms. The molecule has 3 aromatic carbocycles. The fraction of sp³-hybridized carbons (Fsp3) is 0.673. The van der Waals surface area contributed by atoms with Gasteiger partial charge in [-0.2, -0.15) is 0 Å². The number of benzene rings is 3. The average Bonchev–Trinajstić information content (AvgIpc) is 3.69. The third kappa shape index (κ3) is 31.4. The maximum atomic E-state index is 2.38. The molecule has 0 nitrogen and oxygen atoms in total. The minimum atomic E-state index is 0.223. The Morgan fingerprint density at radius 1 is 0.382 bits per heavy atom. The highest BCUT2D eigenvalue weighted by Crippen LogP contribution is 2.37. The summed E-state index contributed by atoms with van der Waals surface area (Å²) in [6.45, 7) is 38.1. The number of hydrogen-bond acceptors (Lipinski definition) is 0. The van der Waals surface area contributed by atoms with Crippen LogP contribution in [-0.4, -0.2) is 0 Å². The standard InChI is InChI=1S/C14H16.C10H20.C10H14.C6H10.C5H10.2C5H12/c1-14(2,3)13-10-6-8-11-7-4-5-9-12(11)13;2*1-10(2,3)9-7-5-4-6-8-9;1-2-4-6-5-3-1;1-2-4-5-3-1;2*1-5(2,3)4/h4-10H,1-3H3;9H,4-8H2,1-3H3;4-8H,1-3H3;1-2H,3-6H2;1-5H2;2*1-4H3. The zero-order chi connectivity index (χ0) is 42.2. The van der Waals surface area contributed by atoms with Gasteiger partial charge in [-0.1, -0.05) is 254 Å². The number of hydrogen-bond donors (Lipinski definition) is 0. The highest BCUT2D eigenvalue weighted by Gasteiger charge is 2.25. The van der Waals surface area contributed by atoms with Crippen LogP contribution in [0, 0.1) is 22.2 Å². The molecule has 0 heterocycles. The molecule has 3 aromatic rings. The second-order valence-electron chi connectivity index (χ2n) is 22.6. The second kappa shape index (κ2) is 26.6. The van der Waals surface area contributed by atoms with Gasteiger partial charge in [0.2, 0.25) is 0 Å². The first-order chi connectivity index (χ1) is 25.3. The molecule has 0 N–H and O–H groups in total. The van der Waals surface area contributed by atoms with Crippen LogP contribution in [0.5, 0.6) is 0 Å². The van der Waals surface area contributed by atoms with Crippen molar-refractivity contribution in [2.75, 3.05) is 0 Å². The average molecular weight is 755 g/mol. The molecule has 0 aliphatic heterocycles. The van der Waals surface area contributed by atoms with Crippen LogP contribution in [0.1, 0.15) is 219 Å². The maximum absolute atomic E-state index is 2.38. The van der Waals surface area contributed by atoms with Crippen molar-refractivity contribution in [3.8, 4) is 0 Å². The third-order valence-electron chi connectivity index (χ3n) is 9.48. The Labute approximate surface area is 346 Å². The lowest BCUT2D eigenvalue weighted by molar-refractivity contribution is 0.180. The smallest absolute Gasteiger partial charge is 0.0126 e. The van der Waals surface area contributed by atoms with Gasteiger partial charge in [0, 0.05) is 0 Å². The van der Waals surface area contributed by atoms with Gasteiger partial charge >= 0.3 is 0 Å². The minimum absolute atomic E-state index is 0.223. The highest BCUT2D eigenvalue weighted by atomic mass is 14.3. The molecule has 6 rings (SSSR count). The van der Waals surface area contributed by atoms with Crippen molar-refractivity contribution in [1.82, 2.24) is 0 Å². The summed E-state index contributed by atoms with van der Waals surface area (Å²) in [7, 11) is 0. The van der Waals surface area contributed by atoms with E-state index in [4.69, 9.17) is 0 Å². The van der Waals surface area contributed by atoms with Gasteiger partial charge in [-0.25, -0.2) is 0 Å². The van der Waals surface area contributed by atoms with Crippen molar-refractivity contribution in [2.45, 2.75) is 218 Å². The van der Waals surface area contributed by atoms with Crippen LogP contribution in [0.3, 0.4) is 0 Å². The van der Waals surface area contributed by atoms with Crippen LogP contribution < -0.4 is 0 Å². The van der Waals surface area contributed by atoms with Crippen LogP contribution >= 0.6 is 0 Å². The van der Waals surface area contributed by atoms with Crippen molar-refractivity contribution in [3.05, 3.63) is 96.1 Å². The zero-order valence-electron chi connectivity index (χ0n) is 40.1. The first kappa shape index (κ1) is 52.7. The van der Waals surface area contributed by atoms with Gasteiger partial charge < -0.3 is 0 Å².